The fourth-order valence-corrected chi connectivity index (χ4v) is 2.09. The molecule has 0 radical (unpaired) electrons. The smallest absolute Gasteiger partial charge is 0.201 e. The Morgan fingerprint density at radius 1 is 1.38 bits per heavy atom. The van der Waals surface area contributed by atoms with Crippen molar-refractivity contribution in [3.63, 3.8) is 0 Å². The van der Waals surface area contributed by atoms with Gasteiger partial charge in [-0.3, -0.25) is 0 Å². The Labute approximate surface area is 122 Å². The molecule has 116 valence electrons. The van der Waals surface area contributed by atoms with Gasteiger partial charge in [-0.2, -0.15) is 9.49 Å². The minimum Gasteiger partial charge on any atom is -0.487 e. The summed E-state index contributed by atoms with van der Waals surface area (Å²) in [4.78, 5) is 0. The number of nitrogens with one attached hydrogen (secondary N) is 1. The lowest BCUT2D eigenvalue weighted by Gasteiger charge is -2.22. The Morgan fingerprint density at radius 2 is 2.10 bits per heavy atom. The summed E-state index contributed by atoms with van der Waals surface area (Å²) in [5.41, 5.74) is 2.33. The number of halogens is 2. The molecule has 4 nitrogen and oxygen atoms in total. The summed E-state index contributed by atoms with van der Waals surface area (Å²) >= 11 is 0. The Bertz CT molecular complexity index is 553. The third kappa shape index (κ3) is 3.69. The van der Waals surface area contributed by atoms with Crippen LogP contribution in [0.4, 0.5) is 8.78 Å². The maximum atomic E-state index is 14.2. The van der Waals surface area contributed by atoms with Gasteiger partial charge in [0.15, 0.2) is 11.6 Å². The molecule has 1 heterocycles. The lowest BCUT2D eigenvalue weighted by Crippen LogP contribution is -2.29. The van der Waals surface area contributed by atoms with Crippen LogP contribution in [0.5, 0.6) is 5.75 Å². The van der Waals surface area contributed by atoms with E-state index in [9.17, 15) is 13.9 Å². The summed E-state index contributed by atoms with van der Waals surface area (Å²) in [5.74, 6) is -2.19. The molecular formula is C15H20F2N2O2. The molecule has 0 saturated carbocycles. The molecule has 6 heteroatoms. The standard InChI is InChI=1S/C15H20F2N2O2/c1-9-6-7-18-19-14(9)10-4-5-11(13(17)12(10)16)21-8-15(2,3)20/h4-5,9,18,20H,6-8H2,1-3H3. The molecule has 1 aliphatic heterocycles. The lowest BCUT2D eigenvalue weighted by molar-refractivity contribution is 0.0269. The van der Waals surface area contributed by atoms with Crippen molar-refractivity contribution >= 4 is 5.71 Å². The first-order valence-electron chi connectivity index (χ1n) is 6.93. The van der Waals surface area contributed by atoms with E-state index in [2.05, 4.69) is 10.5 Å². The number of nitrogens with zero attached hydrogens (tertiary/aromatic N) is 1. The van der Waals surface area contributed by atoms with E-state index in [1.54, 1.807) is 0 Å². The van der Waals surface area contributed by atoms with Crippen LogP contribution in [0, 0.1) is 17.6 Å². The van der Waals surface area contributed by atoms with Gasteiger partial charge < -0.3 is 15.3 Å². The van der Waals surface area contributed by atoms with Crippen LogP contribution in [0.25, 0.3) is 0 Å². The van der Waals surface area contributed by atoms with Gasteiger partial charge in [-0.15, -0.1) is 0 Å². The summed E-state index contributed by atoms with van der Waals surface area (Å²) in [7, 11) is 0. The zero-order chi connectivity index (χ0) is 15.6. The van der Waals surface area contributed by atoms with Crippen LogP contribution in [-0.4, -0.2) is 29.6 Å². The first-order chi connectivity index (χ1) is 9.79. The SMILES string of the molecule is CC1CCNN=C1c1ccc(OCC(C)(C)O)c(F)c1F. The van der Waals surface area contributed by atoms with Crippen molar-refractivity contribution in [2.75, 3.05) is 13.2 Å². The Balaban J connectivity index is 2.27. The average molecular weight is 298 g/mol. The van der Waals surface area contributed by atoms with Gasteiger partial charge in [-0.1, -0.05) is 6.92 Å². The first kappa shape index (κ1) is 15.7. The molecule has 1 aromatic carbocycles. The second kappa shape index (κ2) is 5.97. The van der Waals surface area contributed by atoms with E-state index < -0.39 is 17.2 Å². The summed E-state index contributed by atoms with van der Waals surface area (Å²) < 4.78 is 33.4. The average Bonchev–Trinajstić information content (AvgIpc) is 2.41. The second-order valence-corrected chi connectivity index (χ2v) is 5.94. The van der Waals surface area contributed by atoms with Crippen molar-refractivity contribution in [2.45, 2.75) is 32.8 Å². The van der Waals surface area contributed by atoms with Crippen molar-refractivity contribution in [3.8, 4) is 5.75 Å². The number of rotatable bonds is 4. The number of benzene rings is 1. The highest BCUT2D eigenvalue weighted by atomic mass is 19.2. The molecule has 0 saturated heterocycles. The van der Waals surface area contributed by atoms with E-state index in [0.29, 0.717) is 5.71 Å². The first-order valence-corrected chi connectivity index (χ1v) is 6.93. The molecule has 0 fully saturated rings. The summed E-state index contributed by atoms with van der Waals surface area (Å²) in [6.07, 6.45) is 0.816. The maximum Gasteiger partial charge on any atom is 0.201 e. The van der Waals surface area contributed by atoms with E-state index in [1.165, 1.54) is 26.0 Å². The molecule has 0 bridgehead atoms. The molecule has 0 amide bonds. The van der Waals surface area contributed by atoms with Gasteiger partial charge in [0.1, 0.15) is 6.61 Å². The monoisotopic (exact) mass is 298 g/mol. The van der Waals surface area contributed by atoms with E-state index in [1.807, 2.05) is 6.92 Å². The van der Waals surface area contributed by atoms with Gasteiger partial charge in [0.25, 0.3) is 0 Å². The molecule has 1 unspecified atom stereocenters. The van der Waals surface area contributed by atoms with Crippen molar-refractivity contribution in [3.05, 3.63) is 29.3 Å². The van der Waals surface area contributed by atoms with Gasteiger partial charge >= 0.3 is 0 Å². The highest BCUT2D eigenvalue weighted by Gasteiger charge is 2.24. The summed E-state index contributed by atoms with van der Waals surface area (Å²) in [5, 5.41) is 13.6. The van der Waals surface area contributed by atoms with Gasteiger partial charge in [-0.05, 0) is 32.4 Å². The predicted octanol–water partition coefficient (Wildman–Crippen LogP) is 2.45. The van der Waals surface area contributed by atoms with Gasteiger partial charge in [0, 0.05) is 18.0 Å². The number of hydrogen-bond donors (Lipinski definition) is 2. The van der Waals surface area contributed by atoms with E-state index in [0.717, 1.165) is 13.0 Å². The van der Waals surface area contributed by atoms with E-state index in [4.69, 9.17) is 4.74 Å². The zero-order valence-electron chi connectivity index (χ0n) is 12.4. The summed E-state index contributed by atoms with van der Waals surface area (Å²) in [6, 6.07) is 2.82. The minimum atomic E-state index is -1.12. The third-order valence-electron chi connectivity index (χ3n) is 3.26. The van der Waals surface area contributed by atoms with Crippen LogP contribution in [0.2, 0.25) is 0 Å². The molecule has 0 aromatic heterocycles. The second-order valence-electron chi connectivity index (χ2n) is 5.94. The maximum absolute atomic E-state index is 14.2. The molecular weight excluding hydrogens is 278 g/mol. The van der Waals surface area contributed by atoms with Crippen molar-refractivity contribution in [1.82, 2.24) is 5.43 Å². The number of hydrogen-bond acceptors (Lipinski definition) is 4. The number of aliphatic hydroxyl groups is 1. The lowest BCUT2D eigenvalue weighted by atomic mass is 9.94. The normalized spacial score (nSPS) is 19.0. The summed E-state index contributed by atoms with van der Waals surface area (Å²) in [6.45, 7) is 5.58. The van der Waals surface area contributed by atoms with Gasteiger partial charge in [0.2, 0.25) is 5.82 Å². The van der Waals surface area contributed by atoms with Crippen LogP contribution in [0.3, 0.4) is 0 Å². The molecule has 0 spiro atoms. The highest BCUT2D eigenvalue weighted by Crippen LogP contribution is 2.26. The predicted molar refractivity (Wildman–Crippen MR) is 76.5 cm³/mol. The molecule has 2 N–H and O–H groups in total. The minimum absolute atomic E-state index is 0.0586. The Kier molecular flexibility index (Phi) is 4.46. The van der Waals surface area contributed by atoms with E-state index in [-0.39, 0.29) is 23.8 Å². The molecule has 21 heavy (non-hydrogen) atoms. The van der Waals surface area contributed by atoms with Crippen LogP contribution in [0.1, 0.15) is 32.8 Å². The largest absolute Gasteiger partial charge is 0.487 e. The molecule has 1 atom stereocenters. The fraction of sp³-hybridized carbons (Fsp3) is 0.533. The molecule has 1 aliphatic rings. The molecule has 1 aromatic rings. The van der Waals surface area contributed by atoms with Crippen molar-refractivity contribution in [2.24, 2.45) is 11.0 Å². The number of hydrazone groups is 1. The Morgan fingerprint density at radius 3 is 2.71 bits per heavy atom. The number of ether oxygens (including phenoxy) is 1. The molecule has 2 rings (SSSR count). The van der Waals surface area contributed by atoms with Crippen LogP contribution in [-0.2, 0) is 0 Å². The van der Waals surface area contributed by atoms with Gasteiger partial charge in [0.05, 0.1) is 11.3 Å². The topological polar surface area (TPSA) is 53.9 Å². The Hall–Kier alpha value is -1.69. The highest BCUT2D eigenvalue weighted by molar-refractivity contribution is 6.02. The van der Waals surface area contributed by atoms with E-state index >= 15 is 0 Å². The fourth-order valence-electron chi connectivity index (χ4n) is 2.09. The zero-order valence-corrected chi connectivity index (χ0v) is 12.4. The van der Waals surface area contributed by atoms with Crippen molar-refractivity contribution < 1.29 is 18.6 Å². The van der Waals surface area contributed by atoms with Crippen molar-refractivity contribution in [1.29, 1.82) is 0 Å². The third-order valence-corrected chi connectivity index (χ3v) is 3.26. The quantitative estimate of drug-likeness (QED) is 0.898. The molecule has 0 aliphatic carbocycles. The van der Waals surface area contributed by atoms with Crippen LogP contribution >= 0.6 is 0 Å². The van der Waals surface area contributed by atoms with Crippen LogP contribution in [0.15, 0.2) is 17.2 Å². The van der Waals surface area contributed by atoms with Crippen LogP contribution < -0.4 is 10.2 Å². The van der Waals surface area contributed by atoms with Gasteiger partial charge in [-0.25, -0.2) is 4.39 Å².